The second-order valence-electron chi connectivity index (χ2n) is 4.00. The number of carbonyl (C=O) groups is 2. The molecule has 1 aliphatic heterocycles. The van der Waals surface area contributed by atoms with Crippen molar-refractivity contribution in [2.45, 2.75) is 45.2 Å². The van der Waals surface area contributed by atoms with Crippen molar-refractivity contribution in [2.24, 2.45) is 0 Å². The Morgan fingerprint density at radius 1 is 1.38 bits per heavy atom. The predicted octanol–water partition coefficient (Wildman–Crippen LogP) is 1.08. The molecule has 0 aliphatic carbocycles. The zero-order chi connectivity index (χ0) is 12.1. The van der Waals surface area contributed by atoms with E-state index in [0.29, 0.717) is 19.4 Å². The molecule has 16 heavy (non-hydrogen) atoms. The minimum Gasteiger partial charge on any atom is -0.343 e. The number of nitrogens with one attached hydrogen (secondary N) is 1. The third-order valence-corrected chi connectivity index (χ3v) is 2.95. The zero-order valence-electron chi connectivity index (χ0n) is 10.0. The highest BCUT2D eigenvalue weighted by Crippen LogP contribution is 2.15. The first kappa shape index (κ1) is 12.7. The Morgan fingerprint density at radius 2 is 2.06 bits per heavy atom. The summed E-state index contributed by atoms with van der Waals surface area (Å²) < 4.78 is 0. The Labute approximate surface area is 96.7 Å². The van der Waals surface area contributed by atoms with Gasteiger partial charge in [-0.25, -0.2) is 0 Å². The van der Waals surface area contributed by atoms with E-state index in [4.69, 9.17) is 0 Å². The lowest BCUT2D eigenvalue weighted by Gasteiger charge is -2.38. The molecular formula is C12H20N2O2. The van der Waals surface area contributed by atoms with Gasteiger partial charge in [-0.1, -0.05) is 19.9 Å². The highest BCUT2D eigenvalue weighted by atomic mass is 16.2. The molecule has 1 N–H and O–H groups in total. The van der Waals surface area contributed by atoms with Gasteiger partial charge in [-0.05, 0) is 19.3 Å². The van der Waals surface area contributed by atoms with E-state index < -0.39 is 0 Å². The molecule has 0 spiro atoms. The Kier molecular flexibility index (Phi) is 4.52. The van der Waals surface area contributed by atoms with E-state index in [1.807, 2.05) is 13.8 Å². The number of hydrogen-bond acceptors (Lipinski definition) is 2. The molecule has 2 unspecified atom stereocenters. The first-order chi connectivity index (χ1) is 7.65. The van der Waals surface area contributed by atoms with Gasteiger partial charge in [-0.3, -0.25) is 9.59 Å². The number of rotatable bonds is 5. The van der Waals surface area contributed by atoms with Gasteiger partial charge < -0.3 is 10.2 Å². The van der Waals surface area contributed by atoms with Crippen molar-refractivity contribution in [1.29, 1.82) is 0 Å². The standard InChI is InChI=1S/C12H20N2O2/c1-4-7-8-14-10(6-3)11(15)13-9(5-2)12(14)16/h4,9-10H,1,5-8H2,2-3H3,(H,13,15). The highest BCUT2D eigenvalue weighted by molar-refractivity contribution is 5.96. The summed E-state index contributed by atoms with van der Waals surface area (Å²) in [5, 5.41) is 2.77. The van der Waals surface area contributed by atoms with Crippen LogP contribution in [0.1, 0.15) is 33.1 Å². The molecule has 1 aliphatic rings. The average Bonchev–Trinajstić information content (AvgIpc) is 2.29. The smallest absolute Gasteiger partial charge is 0.245 e. The first-order valence-corrected chi connectivity index (χ1v) is 5.87. The van der Waals surface area contributed by atoms with Crippen molar-refractivity contribution in [3.8, 4) is 0 Å². The molecule has 0 bridgehead atoms. The summed E-state index contributed by atoms with van der Waals surface area (Å²) in [5.41, 5.74) is 0. The summed E-state index contributed by atoms with van der Waals surface area (Å²) in [4.78, 5) is 25.5. The van der Waals surface area contributed by atoms with Crippen molar-refractivity contribution in [3.63, 3.8) is 0 Å². The van der Waals surface area contributed by atoms with Gasteiger partial charge in [0.05, 0.1) is 0 Å². The van der Waals surface area contributed by atoms with E-state index in [1.54, 1.807) is 11.0 Å². The third-order valence-electron chi connectivity index (χ3n) is 2.95. The Bertz CT molecular complexity index is 289. The summed E-state index contributed by atoms with van der Waals surface area (Å²) in [5.74, 6) is 0.00816. The molecule has 1 fully saturated rings. The van der Waals surface area contributed by atoms with Crippen LogP contribution in [0.5, 0.6) is 0 Å². The second kappa shape index (κ2) is 5.68. The van der Waals surface area contributed by atoms with E-state index in [9.17, 15) is 9.59 Å². The Hall–Kier alpha value is -1.32. The van der Waals surface area contributed by atoms with E-state index in [2.05, 4.69) is 11.9 Å². The number of amides is 2. The molecule has 0 saturated carbocycles. The van der Waals surface area contributed by atoms with E-state index in [0.717, 1.165) is 6.42 Å². The van der Waals surface area contributed by atoms with Gasteiger partial charge in [0.2, 0.25) is 11.8 Å². The maximum Gasteiger partial charge on any atom is 0.245 e. The predicted molar refractivity (Wildman–Crippen MR) is 62.8 cm³/mol. The van der Waals surface area contributed by atoms with Crippen molar-refractivity contribution in [1.82, 2.24) is 10.2 Å². The number of nitrogens with zero attached hydrogens (tertiary/aromatic N) is 1. The fourth-order valence-corrected chi connectivity index (χ4v) is 2.00. The van der Waals surface area contributed by atoms with Crippen molar-refractivity contribution in [3.05, 3.63) is 12.7 Å². The van der Waals surface area contributed by atoms with Gasteiger partial charge in [-0.15, -0.1) is 6.58 Å². The van der Waals surface area contributed by atoms with Crippen LogP contribution in [0, 0.1) is 0 Å². The van der Waals surface area contributed by atoms with Crippen LogP contribution in [-0.2, 0) is 9.59 Å². The van der Waals surface area contributed by atoms with Crippen LogP contribution in [0.4, 0.5) is 0 Å². The van der Waals surface area contributed by atoms with Crippen LogP contribution < -0.4 is 5.32 Å². The molecule has 0 radical (unpaired) electrons. The third kappa shape index (κ3) is 2.43. The lowest BCUT2D eigenvalue weighted by Crippen LogP contribution is -2.63. The fourth-order valence-electron chi connectivity index (χ4n) is 2.00. The molecule has 1 saturated heterocycles. The molecule has 2 atom stereocenters. The molecule has 2 amide bonds. The van der Waals surface area contributed by atoms with E-state index >= 15 is 0 Å². The maximum atomic E-state index is 12.1. The minimum atomic E-state index is -0.347. The average molecular weight is 224 g/mol. The largest absolute Gasteiger partial charge is 0.343 e. The molecule has 4 heteroatoms. The van der Waals surface area contributed by atoms with Gasteiger partial charge >= 0.3 is 0 Å². The summed E-state index contributed by atoms with van der Waals surface area (Å²) >= 11 is 0. The Balaban J connectivity index is 2.81. The van der Waals surface area contributed by atoms with Crippen LogP contribution in [0.3, 0.4) is 0 Å². The Morgan fingerprint density at radius 3 is 2.56 bits per heavy atom. The molecule has 1 rings (SSSR count). The summed E-state index contributed by atoms with van der Waals surface area (Å²) in [6, 6.07) is -0.657. The molecule has 4 nitrogen and oxygen atoms in total. The summed E-state index contributed by atoms with van der Waals surface area (Å²) in [7, 11) is 0. The summed E-state index contributed by atoms with van der Waals surface area (Å²) in [6.45, 7) is 8.05. The summed E-state index contributed by atoms with van der Waals surface area (Å²) in [6.07, 6.45) is 3.80. The van der Waals surface area contributed by atoms with Crippen LogP contribution in [0.15, 0.2) is 12.7 Å². The van der Waals surface area contributed by atoms with Crippen molar-refractivity contribution < 1.29 is 9.59 Å². The van der Waals surface area contributed by atoms with Gasteiger partial charge in [-0.2, -0.15) is 0 Å². The topological polar surface area (TPSA) is 49.4 Å². The number of carbonyl (C=O) groups excluding carboxylic acids is 2. The van der Waals surface area contributed by atoms with Gasteiger partial charge in [0, 0.05) is 6.54 Å². The first-order valence-electron chi connectivity index (χ1n) is 5.87. The highest BCUT2D eigenvalue weighted by Gasteiger charge is 2.37. The lowest BCUT2D eigenvalue weighted by molar-refractivity contribution is -0.149. The number of hydrogen-bond donors (Lipinski definition) is 1. The SMILES string of the molecule is C=CCCN1C(=O)C(CC)NC(=O)C1CC. The number of piperazine rings is 1. The van der Waals surface area contributed by atoms with Crippen LogP contribution in [-0.4, -0.2) is 35.3 Å². The van der Waals surface area contributed by atoms with Crippen LogP contribution in [0.25, 0.3) is 0 Å². The van der Waals surface area contributed by atoms with Crippen molar-refractivity contribution in [2.75, 3.05) is 6.54 Å². The van der Waals surface area contributed by atoms with Crippen molar-refractivity contribution >= 4 is 11.8 Å². The van der Waals surface area contributed by atoms with Gasteiger partial charge in [0.1, 0.15) is 12.1 Å². The van der Waals surface area contributed by atoms with E-state index in [-0.39, 0.29) is 23.9 Å². The molecule has 90 valence electrons. The zero-order valence-corrected chi connectivity index (χ0v) is 10.0. The quantitative estimate of drug-likeness (QED) is 0.710. The normalized spacial score (nSPS) is 25.5. The molecule has 1 heterocycles. The maximum absolute atomic E-state index is 12.1. The van der Waals surface area contributed by atoms with Gasteiger partial charge in [0.25, 0.3) is 0 Å². The molecule has 0 aromatic carbocycles. The molecule has 0 aromatic heterocycles. The van der Waals surface area contributed by atoms with Gasteiger partial charge in [0.15, 0.2) is 0 Å². The van der Waals surface area contributed by atoms with E-state index in [1.165, 1.54) is 0 Å². The van der Waals surface area contributed by atoms with Crippen LogP contribution in [0.2, 0.25) is 0 Å². The fraction of sp³-hybridized carbons (Fsp3) is 0.667. The molecule has 0 aromatic rings. The van der Waals surface area contributed by atoms with Crippen LogP contribution >= 0.6 is 0 Å². The molecular weight excluding hydrogens is 204 g/mol. The monoisotopic (exact) mass is 224 g/mol. The second-order valence-corrected chi connectivity index (χ2v) is 4.00. The minimum absolute atomic E-state index is 0.0296. The lowest BCUT2D eigenvalue weighted by atomic mass is 10.0.